The minimum absolute atomic E-state index is 0. The van der Waals surface area contributed by atoms with Crippen molar-refractivity contribution in [2.24, 2.45) is 0 Å². The lowest BCUT2D eigenvalue weighted by molar-refractivity contribution is -0.384. The van der Waals surface area contributed by atoms with E-state index >= 15 is 0 Å². The van der Waals surface area contributed by atoms with E-state index in [9.17, 15) is 14.9 Å². The van der Waals surface area contributed by atoms with Crippen molar-refractivity contribution in [3.8, 4) is 5.75 Å². The molecule has 0 aliphatic carbocycles. The zero-order chi connectivity index (χ0) is 15.5. The number of likely N-dealkylation sites (tertiary alicyclic amines) is 1. The summed E-state index contributed by atoms with van der Waals surface area (Å²) in [6.07, 6.45) is 3.27. The molecular formula is C15H20ClN3O4. The summed E-state index contributed by atoms with van der Waals surface area (Å²) in [5.41, 5.74) is -0.0405. The van der Waals surface area contributed by atoms with Gasteiger partial charge in [0.05, 0.1) is 11.0 Å². The molecule has 1 N–H and O–H groups in total. The van der Waals surface area contributed by atoms with Crippen LogP contribution in [0.2, 0.25) is 0 Å². The standard InChI is InChI=1S/C15H19N3O4.ClH/c19-15(17-7-6-11-4-5-12(9-17)16-11)10-22-14-3-1-2-13(8-14)18(20)21;/h1-3,8,11-12,16H,4-7,9-10H2;1H. The number of non-ortho nitro benzene ring substituents is 1. The number of benzene rings is 1. The van der Waals surface area contributed by atoms with E-state index in [4.69, 9.17) is 4.74 Å². The fourth-order valence-electron chi connectivity index (χ4n) is 3.09. The van der Waals surface area contributed by atoms with Crippen LogP contribution in [0.3, 0.4) is 0 Å². The van der Waals surface area contributed by atoms with Crippen LogP contribution >= 0.6 is 12.4 Å². The molecule has 2 unspecified atom stereocenters. The van der Waals surface area contributed by atoms with Crippen LogP contribution in [-0.2, 0) is 4.79 Å². The van der Waals surface area contributed by atoms with Gasteiger partial charge in [0.25, 0.3) is 11.6 Å². The summed E-state index contributed by atoms with van der Waals surface area (Å²) in [5, 5.41) is 14.2. The minimum Gasteiger partial charge on any atom is -0.484 e. The smallest absolute Gasteiger partial charge is 0.273 e. The molecule has 1 aromatic rings. The normalized spacial score (nSPS) is 22.9. The van der Waals surface area contributed by atoms with E-state index in [1.54, 1.807) is 12.1 Å². The number of fused-ring (bicyclic) bond motifs is 2. The SMILES string of the molecule is Cl.O=C(COc1cccc([N+](=O)[O-])c1)N1CCC2CCC(C1)N2. The lowest BCUT2D eigenvalue weighted by atomic mass is 10.1. The summed E-state index contributed by atoms with van der Waals surface area (Å²) in [6.45, 7) is 1.37. The average molecular weight is 342 g/mol. The van der Waals surface area contributed by atoms with Gasteiger partial charge in [-0.2, -0.15) is 0 Å². The average Bonchev–Trinajstić information content (AvgIpc) is 2.84. The third-order valence-corrected chi connectivity index (χ3v) is 4.27. The van der Waals surface area contributed by atoms with Gasteiger partial charge < -0.3 is 15.0 Å². The van der Waals surface area contributed by atoms with Crippen LogP contribution in [0.25, 0.3) is 0 Å². The first kappa shape index (κ1) is 17.5. The van der Waals surface area contributed by atoms with Crippen molar-refractivity contribution in [2.45, 2.75) is 31.3 Å². The van der Waals surface area contributed by atoms with E-state index in [-0.39, 0.29) is 30.6 Å². The largest absolute Gasteiger partial charge is 0.484 e. The molecule has 8 heteroatoms. The molecule has 1 aromatic carbocycles. The van der Waals surface area contributed by atoms with Gasteiger partial charge in [0.1, 0.15) is 5.75 Å². The first-order valence-electron chi connectivity index (χ1n) is 7.53. The number of nitrogens with zero attached hydrogens (tertiary/aromatic N) is 2. The number of nitro benzene ring substituents is 1. The molecule has 2 atom stereocenters. The molecule has 7 nitrogen and oxygen atoms in total. The second-order valence-corrected chi connectivity index (χ2v) is 5.81. The van der Waals surface area contributed by atoms with Crippen molar-refractivity contribution in [1.82, 2.24) is 10.2 Å². The van der Waals surface area contributed by atoms with E-state index in [0.717, 1.165) is 19.4 Å². The highest BCUT2D eigenvalue weighted by Crippen LogP contribution is 2.21. The molecule has 2 fully saturated rings. The minimum atomic E-state index is -0.480. The fraction of sp³-hybridized carbons (Fsp3) is 0.533. The molecule has 0 aromatic heterocycles. The van der Waals surface area contributed by atoms with E-state index in [1.807, 2.05) is 4.90 Å². The van der Waals surface area contributed by atoms with E-state index < -0.39 is 4.92 Å². The monoisotopic (exact) mass is 341 g/mol. The van der Waals surface area contributed by atoms with Crippen molar-refractivity contribution in [3.63, 3.8) is 0 Å². The second kappa shape index (κ2) is 7.61. The number of ether oxygens (including phenoxy) is 1. The van der Waals surface area contributed by atoms with E-state index in [0.29, 0.717) is 24.4 Å². The molecule has 2 heterocycles. The van der Waals surface area contributed by atoms with E-state index in [2.05, 4.69) is 5.32 Å². The Morgan fingerprint density at radius 1 is 1.35 bits per heavy atom. The molecule has 2 aliphatic heterocycles. The predicted molar refractivity (Wildman–Crippen MR) is 87.0 cm³/mol. The highest BCUT2D eigenvalue weighted by atomic mass is 35.5. The molecule has 2 bridgehead atoms. The molecule has 1 amide bonds. The highest BCUT2D eigenvalue weighted by molar-refractivity contribution is 5.85. The van der Waals surface area contributed by atoms with Crippen LogP contribution in [0.4, 0.5) is 5.69 Å². The van der Waals surface area contributed by atoms with Gasteiger partial charge in [0.2, 0.25) is 0 Å². The first-order valence-corrected chi connectivity index (χ1v) is 7.53. The maximum absolute atomic E-state index is 12.3. The number of amides is 1. The second-order valence-electron chi connectivity index (χ2n) is 5.81. The number of hydrogen-bond donors (Lipinski definition) is 1. The molecular weight excluding hydrogens is 322 g/mol. The van der Waals surface area contributed by atoms with Crippen molar-refractivity contribution in [3.05, 3.63) is 34.4 Å². The molecule has 0 radical (unpaired) electrons. The van der Waals surface area contributed by atoms with Crippen LogP contribution in [0.5, 0.6) is 5.75 Å². The predicted octanol–water partition coefficient (Wildman–Crippen LogP) is 1.75. The van der Waals surface area contributed by atoms with Gasteiger partial charge in [-0.25, -0.2) is 0 Å². The summed E-state index contributed by atoms with van der Waals surface area (Å²) < 4.78 is 5.42. The number of carbonyl (C=O) groups is 1. The molecule has 2 saturated heterocycles. The third-order valence-electron chi connectivity index (χ3n) is 4.27. The Bertz CT molecular complexity index is 584. The summed E-state index contributed by atoms with van der Waals surface area (Å²) in [6, 6.07) is 6.80. The van der Waals surface area contributed by atoms with Gasteiger partial charge in [0.15, 0.2) is 6.61 Å². The number of carbonyl (C=O) groups excluding carboxylic acids is 1. The number of nitrogens with one attached hydrogen (secondary N) is 1. The zero-order valence-corrected chi connectivity index (χ0v) is 13.5. The molecule has 23 heavy (non-hydrogen) atoms. The molecule has 2 aliphatic rings. The number of nitro groups is 1. The highest BCUT2D eigenvalue weighted by Gasteiger charge is 2.31. The maximum Gasteiger partial charge on any atom is 0.273 e. The quantitative estimate of drug-likeness (QED) is 0.666. The summed E-state index contributed by atoms with van der Waals surface area (Å²) in [7, 11) is 0. The van der Waals surface area contributed by atoms with Crippen molar-refractivity contribution < 1.29 is 14.5 Å². The molecule has 0 spiro atoms. The van der Waals surface area contributed by atoms with Gasteiger partial charge in [-0.3, -0.25) is 14.9 Å². The Hall–Kier alpha value is -1.86. The Balaban J connectivity index is 0.00000192. The number of hydrogen-bond acceptors (Lipinski definition) is 5. The van der Waals surface area contributed by atoms with Gasteiger partial charge in [-0.05, 0) is 25.3 Å². The lowest BCUT2D eigenvalue weighted by Crippen LogP contribution is -2.41. The maximum atomic E-state index is 12.3. The van der Waals surface area contributed by atoms with Crippen LogP contribution in [0.15, 0.2) is 24.3 Å². The van der Waals surface area contributed by atoms with Gasteiger partial charge in [-0.15, -0.1) is 12.4 Å². The van der Waals surface area contributed by atoms with E-state index in [1.165, 1.54) is 18.6 Å². The van der Waals surface area contributed by atoms with Crippen LogP contribution < -0.4 is 10.1 Å². The molecule has 3 rings (SSSR count). The van der Waals surface area contributed by atoms with Crippen molar-refractivity contribution in [1.29, 1.82) is 0 Å². The van der Waals surface area contributed by atoms with Crippen molar-refractivity contribution in [2.75, 3.05) is 19.7 Å². The van der Waals surface area contributed by atoms with Gasteiger partial charge in [-0.1, -0.05) is 6.07 Å². The summed E-state index contributed by atoms with van der Waals surface area (Å²) >= 11 is 0. The fourth-order valence-corrected chi connectivity index (χ4v) is 3.09. The first-order chi connectivity index (χ1) is 10.6. The number of halogens is 1. The van der Waals surface area contributed by atoms with Gasteiger partial charge in [0, 0.05) is 31.2 Å². The van der Waals surface area contributed by atoms with Crippen LogP contribution in [0, 0.1) is 10.1 Å². The Labute approximate surface area is 140 Å². The third kappa shape index (κ3) is 4.33. The zero-order valence-electron chi connectivity index (χ0n) is 12.6. The van der Waals surface area contributed by atoms with Crippen LogP contribution in [-0.4, -0.2) is 47.5 Å². The Kier molecular flexibility index (Phi) is 5.79. The van der Waals surface area contributed by atoms with Gasteiger partial charge >= 0.3 is 0 Å². The van der Waals surface area contributed by atoms with Crippen LogP contribution in [0.1, 0.15) is 19.3 Å². The summed E-state index contributed by atoms with van der Waals surface area (Å²) in [4.78, 5) is 24.3. The topological polar surface area (TPSA) is 84.7 Å². The number of rotatable bonds is 4. The molecule has 0 saturated carbocycles. The Morgan fingerprint density at radius 2 is 2.13 bits per heavy atom. The lowest BCUT2D eigenvalue weighted by Gasteiger charge is -2.24. The van der Waals surface area contributed by atoms with Crippen molar-refractivity contribution >= 4 is 24.0 Å². The summed E-state index contributed by atoms with van der Waals surface area (Å²) in [5.74, 6) is 0.276. The Morgan fingerprint density at radius 3 is 2.91 bits per heavy atom. The molecule has 126 valence electrons.